The highest BCUT2D eigenvalue weighted by Gasteiger charge is 2.07. The summed E-state index contributed by atoms with van der Waals surface area (Å²) >= 11 is 6.15. The molecule has 0 aliphatic carbocycles. The molecule has 0 aromatic carbocycles. The fraction of sp³-hybridized carbons (Fsp3) is 0. The van der Waals surface area contributed by atoms with E-state index in [4.69, 9.17) is 16.9 Å². The molecule has 5 heteroatoms. The molecule has 0 unspecified atom stereocenters. The quantitative estimate of drug-likeness (QED) is 0.580. The largest absolute Gasteiger partial charge is 0.329 e. The van der Waals surface area contributed by atoms with Crippen LogP contribution in [0.5, 0.6) is 5.19 Å². The smallest absolute Gasteiger partial charge is 0.255 e. The summed E-state index contributed by atoms with van der Waals surface area (Å²) in [6, 6.07) is 1.68. The Bertz CT molecular complexity index is 264. The highest BCUT2D eigenvalue weighted by atomic mass is 35.5. The molecule has 1 aromatic heterocycles. The number of nitriles is 1. The monoisotopic (exact) mass is 159 g/mol. The third-order valence-corrected chi connectivity index (χ3v) is 1.72. The van der Waals surface area contributed by atoms with Crippen molar-refractivity contribution in [3.05, 3.63) is 10.0 Å². The molecule has 1 rings (SSSR count). The van der Waals surface area contributed by atoms with Crippen molar-refractivity contribution < 1.29 is 5.11 Å². The lowest BCUT2D eigenvalue weighted by atomic mass is 10.6. The van der Waals surface area contributed by atoms with Crippen LogP contribution in [-0.2, 0) is 5.11 Å². The van der Waals surface area contributed by atoms with Crippen molar-refractivity contribution in [2.45, 2.75) is 0 Å². The van der Waals surface area contributed by atoms with E-state index >= 15 is 0 Å². The van der Waals surface area contributed by atoms with Gasteiger partial charge in [-0.25, -0.2) is 0 Å². The number of aromatic nitrogens is 1. The summed E-state index contributed by atoms with van der Waals surface area (Å²) in [6.07, 6.45) is 0. The first-order valence-electron chi connectivity index (χ1n) is 1.97. The van der Waals surface area contributed by atoms with E-state index in [2.05, 4.69) is 4.98 Å². The van der Waals surface area contributed by atoms with Crippen molar-refractivity contribution in [1.82, 2.24) is 4.98 Å². The van der Waals surface area contributed by atoms with Crippen LogP contribution < -0.4 is 0 Å². The van der Waals surface area contributed by atoms with Crippen molar-refractivity contribution in [1.29, 1.82) is 5.26 Å². The fourth-order valence-corrected chi connectivity index (χ4v) is 1.11. The van der Waals surface area contributed by atoms with Gasteiger partial charge in [0.05, 0.1) is 0 Å². The molecule has 0 spiro atoms. The van der Waals surface area contributed by atoms with Crippen molar-refractivity contribution >= 4 is 22.9 Å². The van der Waals surface area contributed by atoms with Gasteiger partial charge in [0.25, 0.3) is 0 Å². The summed E-state index contributed by atoms with van der Waals surface area (Å²) in [4.78, 5) is 3.30. The van der Waals surface area contributed by atoms with Gasteiger partial charge in [-0.05, 0) is 0 Å². The van der Waals surface area contributed by atoms with E-state index in [1.54, 1.807) is 6.07 Å². The van der Waals surface area contributed by atoms with Gasteiger partial charge in [-0.1, -0.05) is 22.9 Å². The van der Waals surface area contributed by atoms with Gasteiger partial charge < -0.3 is 0 Å². The van der Waals surface area contributed by atoms with Crippen LogP contribution >= 0.6 is 22.9 Å². The molecule has 0 N–H and O–H groups in total. The molecule has 0 saturated heterocycles. The minimum Gasteiger partial charge on any atom is -0.255 e. The van der Waals surface area contributed by atoms with E-state index in [1.807, 2.05) is 0 Å². The van der Waals surface area contributed by atoms with Gasteiger partial charge in [-0.15, -0.1) is 0 Å². The summed E-state index contributed by atoms with van der Waals surface area (Å²) in [6.45, 7) is 0. The van der Waals surface area contributed by atoms with Gasteiger partial charge in [0.15, 0.2) is 5.69 Å². The summed E-state index contributed by atoms with van der Waals surface area (Å²) in [5.41, 5.74) is 0.0201. The predicted molar refractivity (Wildman–Crippen MR) is 32.0 cm³/mol. The minimum absolute atomic E-state index is 0.0201. The molecule has 0 fully saturated rings. The molecule has 9 heavy (non-hydrogen) atoms. The lowest BCUT2D eigenvalue weighted by Crippen LogP contribution is -1.69. The Kier molecular flexibility index (Phi) is 1.56. The van der Waals surface area contributed by atoms with Gasteiger partial charge in [-0.3, -0.25) is 5.11 Å². The number of rotatable bonds is 0. The number of hydrogen-bond acceptors (Lipinski definition) is 3. The van der Waals surface area contributed by atoms with Gasteiger partial charge in [0, 0.05) is 0 Å². The standard InChI is InChI=1S/C4ClN2OS/c5-3-2(1-6)7-4(8)9-3. The molecular weight excluding hydrogens is 160 g/mol. The molecule has 0 bridgehead atoms. The fourth-order valence-electron chi connectivity index (χ4n) is 0.352. The van der Waals surface area contributed by atoms with Crippen LogP contribution in [0.15, 0.2) is 0 Å². The zero-order valence-electron chi connectivity index (χ0n) is 4.09. The molecule has 0 atom stereocenters. The Labute approximate surface area is 60.1 Å². The van der Waals surface area contributed by atoms with Gasteiger partial charge in [0.1, 0.15) is 10.4 Å². The molecule has 45 valence electrons. The Morgan fingerprint density at radius 2 is 2.44 bits per heavy atom. The first-order valence-corrected chi connectivity index (χ1v) is 3.17. The second-order valence-corrected chi connectivity index (χ2v) is 2.78. The van der Waals surface area contributed by atoms with Crippen LogP contribution in [0.2, 0.25) is 4.34 Å². The van der Waals surface area contributed by atoms with Crippen molar-refractivity contribution in [2.24, 2.45) is 0 Å². The zero-order valence-corrected chi connectivity index (χ0v) is 5.66. The molecule has 1 radical (unpaired) electrons. The zero-order chi connectivity index (χ0) is 6.85. The molecule has 0 aliphatic heterocycles. The topological polar surface area (TPSA) is 56.6 Å². The van der Waals surface area contributed by atoms with Crippen LogP contribution in [0.3, 0.4) is 0 Å². The Hall–Kier alpha value is -0.790. The van der Waals surface area contributed by atoms with Crippen LogP contribution in [0.25, 0.3) is 0 Å². The molecule has 0 saturated carbocycles. The van der Waals surface area contributed by atoms with Crippen LogP contribution in [0.4, 0.5) is 0 Å². The molecule has 0 aliphatic rings. The Morgan fingerprint density at radius 3 is 2.67 bits per heavy atom. The maximum absolute atomic E-state index is 10.3. The van der Waals surface area contributed by atoms with E-state index < -0.39 is 5.19 Å². The maximum Gasteiger partial charge on any atom is 0.329 e. The normalized spacial score (nSPS) is 8.89. The molecule has 1 heterocycles. The lowest BCUT2D eigenvalue weighted by Gasteiger charge is -1.70. The molecule has 0 amide bonds. The minimum atomic E-state index is -0.420. The lowest BCUT2D eigenvalue weighted by molar-refractivity contribution is 0.352. The predicted octanol–water partition coefficient (Wildman–Crippen LogP) is 1.81. The second-order valence-electron chi connectivity index (χ2n) is 1.21. The molecular formula is C4ClN2OS. The SMILES string of the molecule is N#Cc1nc([O])sc1Cl. The van der Waals surface area contributed by atoms with E-state index in [0.29, 0.717) is 0 Å². The van der Waals surface area contributed by atoms with Gasteiger partial charge in [-0.2, -0.15) is 10.2 Å². The average Bonchev–Trinajstić information content (AvgIpc) is 2.10. The third kappa shape index (κ3) is 1.12. The molecule has 3 nitrogen and oxygen atoms in total. The number of nitrogens with zero attached hydrogens (tertiary/aromatic N) is 2. The first kappa shape index (κ1) is 6.33. The highest BCUT2D eigenvalue weighted by Crippen LogP contribution is 2.27. The number of thiazole rings is 1. The first-order chi connectivity index (χ1) is 4.24. The Morgan fingerprint density at radius 1 is 1.78 bits per heavy atom. The van der Waals surface area contributed by atoms with Crippen molar-refractivity contribution in [2.75, 3.05) is 0 Å². The summed E-state index contributed by atoms with van der Waals surface area (Å²) < 4.78 is 0.169. The van der Waals surface area contributed by atoms with Crippen molar-refractivity contribution in [3.63, 3.8) is 0 Å². The van der Waals surface area contributed by atoms with E-state index in [0.717, 1.165) is 11.3 Å². The summed E-state index contributed by atoms with van der Waals surface area (Å²) in [7, 11) is 0. The second kappa shape index (κ2) is 2.21. The van der Waals surface area contributed by atoms with Gasteiger partial charge in [0.2, 0.25) is 0 Å². The van der Waals surface area contributed by atoms with Crippen LogP contribution in [0.1, 0.15) is 5.69 Å². The maximum atomic E-state index is 10.3. The number of hydrogen-bond donors (Lipinski definition) is 0. The van der Waals surface area contributed by atoms with E-state index in [9.17, 15) is 5.11 Å². The van der Waals surface area contributed by atoms with E-state index in [-0.39, 0.29) is 10.0 Å². The summed E-state index contributed by atoms with van der Waals surface area (Å²) in [5.74, 6) is 0. The van der Waals surface area contributed by atoms with E-state index in [1.165, 1.54) is 0 Å². The summed E-state index contributed by atoms with van der Waals surface area (Å²) in [5, 5.41) is 18.1. The van der Waals surface area contributed by atoms with Crippen molar-refractivity contribution in [3.8, 4) is 11.3 Å². The molecule has 1 aromatic rings. The van der Waals surface area contributed by atoms with Crippen LogP contribution in [-0.4, -0.2) is 4.98 Å². The van der Waals surface area contributed by atoms with Gasteiger partial charge >= 0.3 is 5.19 Å². The average molecular weight is 160 g/mol. The third-order valence-electron chi connectivity index (χ3n) is 0.672. The Balaban J connectivity index is 3.20. The van der Waals surface area contributed by atoms with Crippen LogP contribution in [0, 0.1) is 11.3 Å². The highest BCUT2D eigenvalue weighted by molar-refractivity contribution is 7.17. The number of halogens is 1.